The van der Waals surface area contributed by atoms with Crippen molar-refractivity contribution in [2.45, 2.75) is 19.8 Å². The molecule has 1 N–H and O–H groups in total. The van der Waals surface area contributed by atoms with Gasteiger partial charge in [0, 0.05) is 48.4 Å². The SMILES string of the molecule is CC(=O)Nc1ccc(C(=O)N(CCN2CCC(C(=O)c3ccc(F)cc3)CC2)c2ccc(F)cc2)cc1. The van der Waals surface area contributed by atoms with Crippen LogP contribution in [-0.4, -0.2) is 48.7 Å². The number of Topliss-reactive ketones (excluding diaryl/α,β-unsaturated/α-hetero) is 1. The fourth-order valence-electron chi connectivity index (χ4n) is 4.53. The molecule has 192 valence electrons. The van der Waals surface area contributed by atoms with Crippen LogP contribution < -0.4 is 10.2 Å². The summed E-state index contributed by atoms with van der Waals surface area (Å²) in [5, 5.41) is 2.68. The van der Waals surface area contributed by atoms with E-state index in [1.165, 1.54) is 43.3 Å². The molecule has 1 aliphatic heterocycles. The van der Waals surface area contributed by atoms with Gasteiger partial charge in [0.15, 0.2) is 5.78 Å². The fourth-order valence-corrected chi connectivity index (χ4v) is 4.53. The van der Waals surface area contributed by atoms with Gasteiger partial charge in [-0.25, -0.2) is 8.78 Å². The highest BCUT2D eigenvalue weighted by atomic mass is 19.1. The molecule has 0 saturated carbocycles. The largest absolute Gasteiger partial charge is 0.326 e. The van der Waals surface area contributed by atoms with Gasteiger partial charge in [-0.2, -0.15) is 0 Å². The van der Waals surface area contributed by atoms with Gasteiger partial charge < -0.3 is 15.1 Å². The summed E-state index contributed by atoms with van der Waals surface area (Å²) in [5.74, 6) is -1.26. The predicted octanol–water partition coefficient (Wildman–Crippen LogP) is 5.16. The Morgan fingerprint density at radius 3 is 1.95 bits per heavy atom. The zero-order valence-electron chi connectivity index (χ0n) is 20.6. The van der Waals surface area contributed by atoms with Crippen LogP contribution in [0.3, 0.4) is 0 Å². The molecule has 0 aliphatic carbocycles. The third-order valence-electron chi connectivity index (χ3n) is 6.56. The summed E-state index contributed by atoms with van der Waals surface area (Å²) in [6.45, 7) is 3.79. The van der Waals surface area contributed by atoms with Crippen molar-refractivity contribution < 1.29 is 23.2 Å². The van der Waals surface area contributed by atoms with Crippen molar-refractivity contribution in [2.75, 3.05) is 36.4 Å². The number of piperidine rings is 1. The summed E-state index contributed by atoms with van der Waals surface area (Å²) in [7, 11) is 0. The number of nitrogens with one attached hydrogen (secondary N) is 1. The van der Waals surface area contributed by atoms with Crippen LogP contribution in [0, 0.1) is 17.6 Å². The van der Waals surface area contributed by atoms with Gasteiger partial charge in [-0.3, -0.25) is 14.4 Å². The first-order valence-corrected chi connectivity index (χ1v) is 12.3. The number of benzene rings is 3. The minimum absolute atomic E-state index is 0.0328. The second-order valence-electron chi connectivity index (χ2n) is 9.18. The molecule has 3 aromatic carbocycles. The number of carbonyl (C=O) groups is 3. The Kier molecular flexibility index (Phi) is 8.40. The number of halogens is 2. The third-order valence-corrected chi connectivity index (χ3v) is 6.56. The molecule has 4 rings (SSSR count). The van der Waals surface area contributed by atoms with Gasteiger partial charge in [-0.1, -0.05) is 0 Å². The van der Waals surface area contributed by atoms with Gasteiger partial charge in [0.25, 0.3) is 5.91 Å². The molecule has 0 aromatic heterocycles. The average molecular weight is 506 g/mol. The van der Waals surface area contributed by atoms with E-state index in [9.17, 15) is 23.2 Å². The maximum atomic E-state index is 13.6. The average Bonchev–Trinajstić information content (AvgIpc) is 2.90. The zero-order valence-corrected chi connectivity index (χ0v) is 20.6. The van der Waals surface area contributed by atoms with Crippen molar-refractivity contribution in [1.82, 2.24) is 4.90 Å². The lowest BCUT2D eigenvalue weighted by Crippen LogP contribution is -2.42. The summed E-state index contributed by atoms with van der Waals surface area (Å²) < 4.78 is 26.7. The van der Waals surface area contributed by atoms with Gasteiger partial charge in [0.05, 0.1) is 0 Å². The van der Waals surface area contributed by atoms with Gasteiger partial charge in [-0.15, -0.1) is 0 Å². The van der Waals surface area contributed by atoms with Crippen molar-refractivity contribution in [3.05, 3.63) is 95.6 Å². The fraction of sp³-hybridized carbons (Fsp3) is 0.276. The maximum absolute atomic E-state index is 13.6. The van der Waals surface area contributed by atoms with E-state index in [0.29, 0.717) is 61.5 Å². The summed E-state index contributed by atoms with van der Waals surface area (Å²) in [5.41, 5.74) is 2.15. The lowest BCUT2D eigenvalue weighted by Gasteiger charge is -2.33. The Morgan fingerprint density at radius 2 is 1.38 bits per heavy atom. The Morgan fingerprint density at radius 1 is 0.838 bits per heavy atom. The summed E-state index contributed by atoms with van der Waals surface area (Å²) >= 11 is 0. The molecule has 2 amide bonds. The van der Waals surface area contributed by atoms with Crippen molar-refractivity contribution in [3.8, 4) is 0 Å². The molecule has 0 radical (unpaired) electrons. The van der Waals surface area contributed by atoms with Crippen LogP contribution in [0.15, 0.2) is 72.8 Å². The van der Waals surface area contributed by atoms with Crippen molar-refractivity contribution in [2.24, 2.45) is 5.92 Å². The molecule has 1 heterocycles. The van der Waals surface area contributed by atoms with Gasteiger partial charge in [0.1, 0.15) is 11.6 Å². The summed E-state index contributed by atoms with van der Waals surface area (Å²) in [6.07, 6.45) is 1.37. The number of anilines is 2. The topological polar surface area (TPSA) is 69.7 Å². The standard InChI is InChI=1S/C29H29F2N3O3/c1-20(35)32-26-10-4-23(5-11-26)29(37)34(27-12-8-25(31)9-13-27)19-18-33-16-14-22(15-17-33)28(36)21-2-6-24(30)7-3-21/h2-13,22H,14-19H2,1H3,(H,32,35). The minimum Gasteiger partial charge on any atom is -0.326 e. The molecule has 1 fully saturated rings. The van der Waals surface area contributed by atoms with Crippen LogP contribution >= 0.6 is 0 Å². The lowest BCUT2D eigenvalue weighted by atomic mass is 9.89. The van der Waals surface area contributed by atoms with E-state index in [1.807, 2.05) is 0 Å². The highest BCUT2D eigenvalue weighted by molar-refractivity contribution is 6.06. The van der Waals surface area contributed by atoms with Crippen LogP contribution in [0.2, 0.25) is 0 Å². The van der Waals surface area contributed by atoms with E-state index in [1.54, 1.807) is 41.3 Å². The molecule has 37 heavy (non-hydrogen) atoms. The van der Waals surface area contributed by atoms with Gasteiger partial charge in [0.2, 0.25) is 5.91 Å². The van der Waals surface area contributed by atoms with Gasteiger partial charge in [-0.05, 0) is 98.7 Å². The van der Waals surface area contributed by atoms with E-state index >= 15 is 0 Å². The van der Waals surface area contributed by atoms with Crippen molar-refractivity contribution in [1.29, 1.82) is 0 Å². The molecule has 0 unspecified atom stereocenters. The molecule has 3 aromatic rings. The minimum atomic E-state index is -0.385. The first-order chi connectivity index (χ1) is 17.8. The molecular weight excluding hydrogens is 476 g/mol. The molecule has 0 bridgehead atoms. The number of ketones is 1. The Hall–Kier alpha value is -3.91. The maximum Gasteiger partial charge on any atom is 0.258 e. The number of rotatable bonds is 8. The first kappa shape index (κ1) is 26.2. The molecule has 6 nitrogen and oxygen atoms in total. The van der Waals surface area contributed by atoms with Crippen molar-refractivity contribution >= 4 is 29.0 Å². The van der Waals surface area contributed by atoms with E-state index in [2.05, 4.69) is 10.2 Å². The van der Waals surface area contributed by atoms with Crippen LogP contribution in [0.25, 0.3) is 0 Å². The first-order valence-electron chi connectivity index (χ1n) is 12.3. The highest BCUT2D eigenvalue weighted by Gasteiger charge is 2.27. The Labute approximate surface area is 214 Å². The Balaban J connectivity index is 1.40. The van der Waals surface area contributed by atoms with E-state index < -0.39 is 0 Å². The second-order valence-corrected chi connectivity index (χ2v) is 9.18. The van der Waals surface area contributed by atoms with E-state index in [4.69, 9.17) is 0 Å². The molecule has 1 saturated heterocycles. The molecule has 0 atom stereocenters. The molecule has 8 heteroatoms. The second kappa shape index (κ2) is 11.9. The zero-order chi connectivity index (χ0) is 26.4. The number of hydrogen-bond donors (Lipinski definition) is 1. The van der Waals surface area contributed by atoms with Gasteiger partial charge >= 0.3 is 0 Å². The van der Waals surface area contributed by atoms with Crippen molar-refractivity contribution in [3.63, 3.8) is 0 Å². The lowest BCUT2D eigenvalue weighted by molar-refractivity contribution is -0.114. The quantitative estimate of drug-likeness (QED) is 0.429. The van der Waals surface area contributed by atoms with E-state index in [-0.39, 0.29) is 35.1 Å². The number of likely N-dealkylation sites (tertiary alicyclic amines) is 1. The summed E-state index contributed by atoms with van der Waals surface area (Å²) in [6, 6.07) is 18.1. The van der Waals surface area contributed by atoms with Crippen LogP contribution in [0.4, 0.5) is 20.2 Å². The predicted molar refractivity (Wildman–Crippen MR) is 139 cm³/mol. The van der Waals surface area contributed by atoms with Crippen LogP contribution in [0.5, 0.6) is 0 Å². The Bertz CT molecular complexity index is 1240. The number of hydrogen-bond acceptors (Lipinski definition) is 4. The molecule has 0 spiro atoms. The summed E-state index contributed by atoms with van der Waals surface area (Å²) in [4.78, 5) is 41.3. The number of amides is 2. The number of carbonyl (C=O) groups excluding carboxylic acids is 3. The molecule has 1 aliphatic rings. The smallest absolute Gasteiger partial charge is 0.258 e. The monoisotopic (exact) mass is 505 g/mol. The normalized spacial score (nSPS) is 14.2. The molecular formula is C29H29F2N3O3. The third kappa shape index (κ3) is 6.86. The van der Waals surface area contributed by atoms with Crippen LogP contribution in [-0.2, 0) is 4.79 Å². The van der Waals surface area contributed by atoms with E-state index in [0.717, 1.165) is 0 Å². The van der Waals surface area contributed by atoms with Crippen LogP contribution in [0.1, 0.15) is 40.5 Å². The number of nitrogens with zero attached hydrogens (tertiary/aromatic N) is 2. The highest BCUT2D eigenvalue weighted by Crippen LogP contribution is 2.23.